The number of nitrogens with zero attached hydrogens (tertiary/aromatic N) is 1. The van der Waals surface area contributed by atoms with Gasteiger partial charge < -0.3 is 10.6 Å². The fourth-order valence-corrected chi connectivity index (χ4v) is 2.84. The van der Waals surface area contributed by atoms with E-state index in [0.717, 1.165) is 5.69 Å². The zero-order valence-corrected chi connectivity index (χ0v) is 11.8. The first-order chi connectivity index (χ1) is 9.22. The average Bonchev–Trinajstić information content (AvgIpc) is 2.48. The van der Waals surface area contributed by atoms with E-state index in [1.54, 1.807) is 4.90 Å². The zero-order chi connectivity index (χ0) is 13.7. The Hall–Kier alpha value is -1.35. The molecule has 0 atom stereocenters. The van der Waals surface area contributed by atoms with Crippen molar-refractivity contribution in [3.63, 3.8) is 0 Å². The first-order valence-electron chi connectivity index (χ1n) is 7.29. The Bertz CT molecular complexity index is 407. The highest BCUT2D eigenvalue weighted by atomic mass is 16.2. The van der Waals surface area contributed by atoms with Crippen LogP contribution in [-0.2, 0) is 4.79 Å². The molecular weight excluding hydrogens is 236 g/mol. The van der Waals surface area contributed by atoms with Gasteiger partial charge >= 0.3 is 0 Å². The van der Waals surface area contributed by atoms with Crippen molar-refractivity contribution in [3.05, 3.63) is 29.8 Å². The van der Waals surface area contributed by atoms with Gasteiger partial charge in [0.25, 0.3) is 0 Å². The van der Waals surface area contributed by atoms with Crippen LogP contribution in [0, 0.1) is 0 Å². The molecule has 104 valence electrons. The van der Waals surface area contributed by atoms with Gasteiger partial charge in [-0.3, -0.25) is 4.79 Å². The van der Waals surface area contributed by atoms with Crippen LogP contribution >= 0.6 is 0 Å². The van der Waals surface area contributed by atoms with E-state index in [2.05, 4.69) is 24.3 Å². The minimum atomic E-state index is 0.0768. The number of amides is 1. The summed E-state index contributed by atoms with van der Waals surface area (Å²) in [5, 5.41) is 0. The number of hydrogen-bond donors (Lipinski definition) is 1. The van der Waals surface area contributed by atoms with Crippen molar-refractivity contribution in [2.75, 3.05) is 18.5 Å². The van der Waals surface area contributed by atoms with Crippen LogP contribution in [0.2, 0.25) is 0 Å². The van der Waals surface area contributed by atoms with Gasteiger partial charge in [0.15, 0.2) is 0 Å². The lowest BCUT2D eigenvalue weighted by atomic mass is 9.84. The molecule has 1 aromatic carbocycles. The van der Waals surface area contributed by atoms with Gasteiger partial charge in [-0.1, -0.05) is 31.4 Å². The largest absolute Gasteiger partial charge is 0.330 e. The molecule has 0 aliphatic heterocycles. The third-order valence-corrected chi connectivity index (χ3v) is 4.09. The molecule has 0 aromatic heterocycles. The maximum absolute atomic E-state index is 11.8. The van der Waals surface area contributed by atoms with E-state index in [1.807, 2.05) is 7.05 Å². The minimum absolute atomic E-state index is 0.0768. The second kappa shape index (κ2) is 6.71. The van der Waals surface area contributed by atoms with Crippen molar-refractivity contribution in [1.29, 1.82) is 0 Å². The SMILES string of the molecule is CN(C(=O)CCN)c1ccc(C2CCCCC2)cc1. The summed E-state index contributed by atoms with van der Waals surface area (Å²) in [7, 11) is 1.81. The number of benzene rings is 1. The van der Waals surface area contributed by atoms with Crippen LogP contribution in [0.4, 0.5) is 5.69 Å². The van der Waals surface area contributed by atoms with Gasteiger partial charge in [-0.05, 0) is 36.5 Å². The summed E-state index contributed by atoms with van der Waals surface area (Å²) in [5.41, 5.74) is 7.80. The Labute approximate surface area is 115 Å². The Kier molecular flexibility index (Phi) is 4.97. The molecule has 3 nitrogen and oxygen atoms in total. The molecular formula is C16H24N2O. The molecule has 2 rings (SSSR count). The lowest BCUT2D eigenvalue weighted by molar-refractivity contribution is -0.118. The summed E-state index contributed by atoms with van der Waals surface area (Å²) < 4.78 is 0. The summed E-state index contributed by atoms with van der Waals surface area (Å²) in [5.74, 6) is 0.792. The Morgan fingerprint density at radius 3 is 2.42 bits per heavy atom. The highest BCUT2D eigenvalue weighted by molar-refractivity contribution is 5.92. The van der Waals surface area contributed by atoms with Crippen LogP contribution in [-0.4, -0.2) is 19.5 Å². The molecule has 1 aliphatic rings. The fraction of sp³-hybridized carbons (Fsp3) is 0.562. The second-order valence-corrected chi connectivity index (χ2v) is 5.42. The monoisotopic (exact) mass is 260 g/mol. The maximum Gasteiger partial charge on any atom is 0.227 e. The predicted octanol–water partition coefficient (Wildman–Crippen LogP) is 3.05. The molecule has 0 bridgehead atoms. The molecule has 1 amide bonds. The molecule has 0 unspecified atom stereocenters. The third-order valence-electron chi connectivity index (χ3n) is 4.09. The van der Waals surface area contributed by atoms with Crippen LogP contribution in [0.3, 0.4) is 0 Å². The third kappa shape index (κ3) is 3.57. The summed E-state index contributed by atoms with van der Waals surface area (Å²) >= 11 is 0. The molecule has 0 radical (unpaired) electrons. The molecule has 1 aliphatic carbocycles. The van der Waals surface area contributed by atoms with Gasteiger partial charge in [0.2, 0.25) is 5.91 Å². The van der Waals surface area contributed by atoms with E-state index in [1.165, 1.54) is 37.7 Å². The van der Waals surface area contributed by atoms with Gasteiger partial charge in [-0.15, -0.1) is 0 Å². The van der Waals surface area contributed by atoms with Crippen LogP contribution in [0.15, 0.2) is 24.3 Å². The Morgan fingerprint density at radius 2 is 1.84 bits per heavy atom. The van der Waals surface area contributed by atoms with Gasteiger partial charge in [-0.2, -0.15) is 0 Å². The van der Waals surface area contributed by atoms with Gasteiger partial charge in [0.1, 0.15) is 0 Å². The smallest absolute Gasteiger partial charge is 0.227 e. The highest BCUT2D eigenvalue weighted by Gasteiger charge is 2.16. The van der Waals surface area contributed by atoms with Crippen molar-refractivity contribution in [3.8, 4) is 0 Å². The summed E-state index contributed by atoms with van der Waals surface area (Å²) in [6, 6.07) is 8.46. The normalized spacial score (nSPS) is 16.3. The first-order valence-corrected chi connectivity index (χ1v) is 7.29. The maximum atomic E-state index is 11.8. The standard InChI is InChI=1S/C16H24N2O/c1-18(16(19)11-12-17)15-9-7-14(8-10-15)13-5-3-2-4-6-13/h7-10,13H,2-6,11-12,17H2,1H3. The quantitative estimate of drug-likeness (QED) is 0.904. The molecule has 2 N–H and O–H groups in total. The number of anilines is 1. The van der Waals surface area contributed by atoms with Crippen molar-refractivity contribution in [1.82, 2.24) is 0 Å². The van der Waals surface area contributed by atoms with E-state index < -0.39 is 0 Å². The van der Waals surface area contributed by atoms with Gasteiger partial charge in [-0.25, -0.2) is 0 Å². The highest BCUT2D eigenvalue weighted by Crippen LogP contribution is 2.33. The molecule has 19 heavy (non-hydrogen) atoms. The molecule has 0 heterocycles. The van der Waals surface area contributed by atoms with Crippen molar-refractivity contribution >= 4 is 11.6 Å². The van der Waals surface area contributed by atoms with Crippen LogP contribution in [0.25, 0.3) is 0 Å². The summed E-state index contributed by atoms with van der Waals surface area (Å²) in [6.45, 7) is 0.406. The number of carbonyl (C=O) groups is 1. The van der Waals surface area contributed by atoms with Crippen LogP contribution in [0.5, 0.6) is 0 Å². The number of rotatable bonds is 4. The van der Waals surface area contributed by atoms with E-state index in [-0.39, 0.29) is 5.91 Å². The van der Waals surface area contributed by atoms with E-state index in [0.29, 0.717) is 18.9 Å². The first kappa shape index (κ1) is 14.1. The average molecular weight is 260 g/mol. The molecule has 0 spiro atoms. The second-order valence-electron chi connectivity index (χ2n) is 5.42. The van der Waals surface area contributed by atoms with Crippen LogP contribution in [0.1, 0.15) is 50.0 Å². The lowest BCUT2D eigenvalue weighted by Gasteiger charge is -2.23. The molecule has 0 saturated heterocycles. The van der Waals surface area contributed by atoms with Crippen molar-refractivity contribution in [2.24, 2.45) is 5.73 Å². The van der Waals surface area contributed by atoms with Gasteiger partial charge in [0.05, 0.1) is 0 Å². The van der Waals surface area contributed by atoms with Crippen molar-refractivity contribution < 1.29 is 4.79 Å². The van der Waals surface area contributed by atoms with E-state index in [4.69, 9.17) is 5.73 Å². The van der Waals surface area contributed by atoms with Gasteiger partial charge in [0, 0.05) is 25.7 Å². The summed E-state index contributed by atoms with van der Waals surface area (Å²) in [4.78, 5) is 13.5. The van der Waals surface area contributed by atoms with Crippen molar-refractivity contribution in [2.45, 2.75) is 44.4 Å². The Morgan fingerprint density at radius 1 is 1.21 bits per heavy atom. The molecule has 1 saturated carbocycles. The Balaban J connectivity index is 2.03. The number of hydrogen-bond acceptors (Lipinski definition) is 2. The fourth-order valence-electron chi connectivity index (χ4n) is 2.84. The molecule has 3 heteroatoms. The predicted molar refractivity (Wildman–Crippen MR) is 79.3 cm³/mol. The van der Waals surface area contributed by atoms with E-state index >= 15 is 0 Å². The molecule has 1 fully saturated rings. The number of carbonyl (C=O) groups excluding carboxylic acids is 1. The van der Waals surface area contributed by atoms with Crippen LogP contribution < -0.4 is 10.6 Å². The summed E-state index contributed by atoms with van der Waals surface area (Å²) in [6.07, 6.45) is 7.09. The topological polar surface area (TPSA) is 46.3 Å². The van der Waals surface area contributed by atoms with E-state index in [9.17, 15) is 4.79 Å². The zero-order valence-electron chi connectivity index (χ0n) is 11.8. The lowest BCUT2D eigenvalue weighted by Crippen LogP contribution is -2.28. The molecule has 1 aromatic rings. The number of nitrogens with two attached hydrogens (primary N) is 1. The minimum Gasteiger partial charge on any atom is -0.330 e.